The molecule has 2 heterocycles. The van der Waals surface area contributed by atoms with Gasteiger partial charge in [0.15, 0.2) is 11.5 Å². The van der Waals surface area contributed by atoms with Gasteiger partial charge in [-0.3, -0.25) is 0 Å². The van der Waals surface area contributed by atoms with Gasteiger partial charge in [-0.1, -0.05) is 12.1 Å². The summed E-state index contributed by atoms with van der Waals surface area (Å²) in [6.07, 6.45) is 1.93. The largest absolute Gasteiger partial charge is 0.497 e. The molecule has 1 N–H and O–H groups in total. The van der Waals surface area contributed by atoms with Crippen LogP contribution >= 0.6 is 0 Å². The lowest BCUT2D eigenvalue weighted by Gasteiger charge is -2.26. The van der Waals surface area contributed by atoms with Crippen LogP contribution in [0.1, 0.15) is 24.4 Å². The van der Waals surface area contributed by atoms with E-state index in [4.69, 9.17) is 14.2 Å². The molecule has 4 rings (SSSR count). The summed E-state index contributed by atoms with van der Waals surface area (Å²) in [7, 11) is 1.65. The van der Waals surface area contributed by atoms with Crippen molar-refractivity contribution in [2.45, 2.75) is 18.9 Å². The number of rotatable bonds is 3. The zero-order valence-corrected chi connectivity index (χ0v) is 14.7. The fourth-order valence-electron chi connectivity index (χ4n) is 3.52. The average Bonchev–Trinajstić information content (AvgIpc) is 3.18. The summed E-state index contributed by atoms with van der Waals surface area (Å²) in [4.78, 5) is 14.7. The van der Waals surface area contributed by atoms with Crippen molar-refractivity contribution in [2.24, 2.45) is 0 Å². The number of urea groups is 1. The molecule has 6 nitrogen and oxygen atoms in total. The second-order valence-electron chi connectivity index (χ2n) is 6.42. The molecule has 2 amide bonds. The van der Waals surface area contributed by atoms with Gasteiger partial charge >= 0.3 is 6.03 Å². The Morgan fingerprint density at radius 1 is 1.15 bits per heavy atom. The Labute approximate surface area is 152 Å². The highest BCUT2D eigenvalue weighted by Crippen LogP contribution is 2.35. The highest BCUT2D eigenvalue weighted by molar-refractivity contribution is 5.90. The number of likely N-dealkylation sites (tertiary alicyclic amines) is 1. The van der Waals surface area contributed by atoms with Crippen LogP contribution in [-0.4, -0.2) is 37.8 Å². The minimum absolute atomic E-state index is 0.0577. The van der Waals surface area contributed by atoms with E-state index in [9.17, 15) is 4.79 Å². The Hall–Kier alpha value is -2.89. The number of hydrogen-bond acceptors (Lipinski definition) is 4. The van der Waals surface area contributed by atoms with Crippen molar-refractivity contribution in [3.63, 3.8) is 0 Å². The number of methoxy groups -OCH3 is 1. The predicted molar refractivity (Wildman–Crippen MR) is 98.1 cm³/mol. The van der Waals surface area contributed by atoms with Crippen LogP contribution in [0.15, 0.2) is 42.5 Å². The molecule has 26 heavy (non-hydrogen) atoms. The van der Waals surface area contributed by atoms with E-state index in [0.29, 0.717) is 30.4 Å². The van der Waals surface area contributed by atoms with Gasteiger partial charge in [0.2, 0.25) is 0 Å². The van der Waals surface area contributed by atoms with Crippen LogP contribution in [0.25, 0.3) is 0 Å². The minimum Gasteiger partial charge on any atom is -0.497 e. The minimum atomic E-state index is -0.105. The van der Waals surface area contributed by atoms with E-state index in [1.165, 1.54) is 0 Å². The summed E-state index contributed by atoms with van der Waals surface area (Å²) in [6, 6.07) is 13.3. The molecule has 1 fully saturated rings. The normalized spacial score (nSPS) is 18.5. The number of nitrogens with one attached hydrogen (secondary N) is 1. The molecule has 0 bridgehead atoms. The topological polar surface area (TPSA) is 60.0 Å². The van der Waals surface area contributed by atoms with Crippen molar-refractivity contribution in [3.05, 3.63) is 48.0 Å². The summed E-state index contributed by atoms with van der Waals surface area (Å²) in [5.74, 6) is 2.19. The third-order valence-corrected chi connectivity index (χ3v) is 4.79. The molecular weight excluding hydrogens is 332 g/mol. The van der Waals surface area contributed by atoms with Gasteiger partial charge in [-0.15, -0.1) is 0 Å². The summed E-state index contributed by atoms with van der Waals surface area (Å²) < 4.78 is 16.4. The summed E-state index contributed by atoms with van der Waals surface area (Å²) in [5.41, 5.74) is 1.80. The number of carbonyl (C=O) groups is 1. The zero-order valence-electron chi connectivity index (χ0n) is 14.7. The molecule has 1 saturated heterocycles. The molecule has 1 unspecified atom stereocenters. The summed E-state index contributed by atoms with van der Waals surface area (Å²) in [5, 5.41) is 2.98. The van der Waals surface area contributed by atoms with Gasteiger partial charge in [-0.25, -0.2) is 4.79 Å². The lowest BCUT2D eigenvalue weighted by Crippen LogP contribution is -2.34. The zero-order chi connectivity index (χ0) is 17.9. The van der Waals surface area contributed by atoms with Gasteiger partial charge in [0, 0.05) is 18.3 Å². The highest BCUT2D eigenvalue weighted by atomic mass is 16.6. The highest BCUT2D eigenvalue weighted by Gasteiger charge is 2.30. The smallest absolute Gasteiger partial charge is 0.322 e. The number of benzene rings is 2. The number of ether oxygens (including phenoxy) is 3. The first-order chi connectivity index (χ1) is 12.7. The molecule has 0 aromatic heterocycles. The van der Waals surface area contributed by atoms with Crippen LogP contribution in [0.3, 0.4) is 0 Å². The Kier molecular flexibility index (Phi) is 4.56. The molecule has 1 atom stereocenters. The Bertz CT molecular complexity index is 808. The molecule has 0 radical (unpaired) electrons. The van der Waals surface area contributed by atoms with Crippen molar-refractivity contribution in [1.29, 1.82) is 0 Å². The standard InChI is InChI=1S/C20H22N2O4/c1-24-16-5-2-4-14(12-16)17-6-3-9-22(17)20(23)21-15-7-8-18-19(13-15)26-11-10-25-18/h2,4-5,7-8,12-13,17H,3,6,9-11H2,1H3,(H,21,23). The number of nitrogens with zero attached hydrogens (tertiary/aromatic N) is 1. The number of fused-ring (bicyclic) bond motifs is 1. The van der Waals surface area contributed by atoms with E-state index >= 15 is 0 Å². The van der Waals surface area contributed by atoms with Gasteiger partial charge in [0.1, 0.15) is 19.0 Å². The van der Waals surface area contributed by atoms with Gasteiger partial charge in [-0.05, 0) is 42.7 Å². The molecule has 136 valence electrons. The second kappa shape index (κ2) is 7.15. The fourth-order valence-corrected chi connectivity index (χ4v) is 3.52. The van der Waals surface area contributed by atoms with E-state index in [0.717, 1.165) is 30.7 Å². The first-order valence-electron chi connectivity index (χ1n) is 8.86. The molecule has 0 saturated carbocycles. The number of amides is 2. The molecule has 2 aliphatic heterocycles. The first-order valence-corrected chi connectivity index (χ1v) is 8.86. The van der Waals surface area contributed by atoms with E-state index < -0.39 is 0 Å². The Morgan fingerprint density at radius 3 is 2.85 bits per heavy atom. The maximum atomic E-state index is 12.8. The van der Waals surface area contributed by atoms with Gasteiger partial charge < -0.3 is 24.4 Å². The Morgan fingerprint density at radius 2 is 2.00 bits per heavy atom. The van der Waals surface area contributed by atoms with Crippen molar-refractivity contribution < 1.29 is 19.0 Å². The molecule has 6 heteroatoms. The third-order valence-electron chi connectivity index (χ3n) is 4.79. The average molecular weight is 354 g/mol. The molecule has 2 aromatic carbocycles. The summed E-state index contributed by atoms with van der Waals surface area (Å²) >= 11 is 0. The van der Waals surface area contributed by atoms with Gasteiger partial charge in [0.25, 0.3) is 0 Å². The molecule has 0 spiro atoms. The van der Waals surface area contributed by atoms with Gasteiger partial charge in [0.05, 0.1) is 13.2 Å². The number of hydrogen-bond donors (Lipinski definition) is 1. The maximum absolute atomic E-state index is 12.8. The van der Waals surface area contributed by atoms with E-state index in [1.54, 1.807) is 7.11 Å². The third kappa shape index (κ3) is 3.27. The fraction of sp³-hybridized carbons (Fsp3) is 0.350. The summed E-state index contributed by atoms with van der Waals surface area (Å²) in [6.45, 7) is 1.81. The van der Waals surface area contributed by atoms with E-state index in [2.05, 4.69) is 5.32 Å². The van der Waals surface area contributed by atoms with E-state index in [-0.39, 0.29) is 12.1 Å². The van der Waals surface area contributed by atoms with Crippen LogP contribution in [0.4, 0.5) is 10.5 Å². The predicted octanol–water partition coefficient (Wildman–Crippen LogP) is 3.84. The van der Waals surface area contributed by atoms with Crippen LogP contribution in [-0.2, 0) is 0 Å². The first kappa shape index (κ1) is 16.6. The lowest BCUT2D eigenvalue weighted by atomic mass is 10.0. The van der Waals surface area contributed by atoms with Crippen LogP contribution in [0.2, 0.25) is 0 Å². The van der Waals surface area contributed by atoms with Crippen molar-refractivity contribution in [3.8, 4) is 17.2 Å². The number of anilines is 1. The van der Waals surface area contributed by atoms with Crippen molar-refractivity contribution >= 4 is 11.7 Å². The van der Waals surface area contributed by atoms with Gasteiger partial charge in [-0.2, -0.15) is 0 Å². The van der Waals surface area contributed by atoms with Crippen LogP contribution in [0, 0.1) is 0 Å². The van der Waals surface area contributed by atoms with E-state index in [1.807, 2.05) is 47.4 Å². The number of carbonyl (C=O) groups excluding carboxylic acids is 1. The maximum Gasteiger partial charge on any atom is 0.322 e. The quantitative estimate of drug-likeness (QED) is 0.910. The van der Waals surface area contributed by atoms with Crippen molar-refractivity contribution in [1.82, 2.24) is 4.90 Å². The Balaban J connectivity index is 1.50. The van der Waals surface area contributed by atoms with Crippen molar-refractivity contribution in [2.75, 3.05) is 32.2 Å². The van der Waals surface area contributed by atoms with Crippen LogP contribution in [0.5, 0.6) is 17.2 Å². The monoisotopic (exact) mass is 354 g/mol. The SMILES string of the molecule is COc1cccc(C2CCCN2C(=O)Nc2ccc3c(c2)OCCO3)c1. The molecule has 2 aliphatic rings. The second-order valence-corrected chi connectivity index (χ2v) is 6.42. The van der Waals surface area contributed by atoms with Crippen LogP contribution < -0.4 is 19.5 Å². The molecular formula is C20H22N2O4. The molecule has 2 aromatic rings. The lowest BCUT2D eigenvalue weighted by molar-refractivity contribution is 0.171. The molecule has 0 aliphatic carbocycles.